The highest BCUT2D eigenvalue weighted by atomic mass is 16.6. The highest BCUT2D eigenvalue weighted by Gasteiger charge is 2.19. The number of esters is 3. The summed E-state index contributed by atoms with van der Waals surface area (Å²) < 4.78 is 16.8. The lowest BCUT2D eigenvalue weighted by Crippen LogP contribution is -2.30. The molecule has 0 radical (unpaired) electrons. The molecule has 0 bridgehead atoms. The molecule has 0 aromatic rings. The first kappa shape index (κ1) is 63.8. The Morgan fingerprint density at radius 3 is 0.970 bits per heavy atom. The molecular weight excluding hydrogens is 829 g/mol. The quantitative estimate of drug-likeness (QED) is 0.0262. The van der Waals surface area contributed by atoms with Gasteiger partial charge in [0.1, 0.15) is 13.2 Å². The monoisotopic (exact) mass is 935 g/mol. The van der Waals surface area contributed by atoms with Crippen LogP contribution in [0.2, 0.25) is 0 Å². The van der Waals surface area contributed by atoms with Crippen molar-refractivity contribution in [3.05, 3.63) is 72.9 Å². The van der Waals surface area contributed by atoms with E-state index in [0.29, 0.717) is 19.3 Å². The van der Waals surface area contributed by atoms with Gasteiger partial charge in [0.05, 0.1) is 0 Å². The SMILES string of the molecule is CC/C=C\C/C=C\C/C=C\C/C=C\CCCCCCCCCCCCCCCCC(=O)OCC(COC(=O)CCCCCCCCCCC)OC(=O)CCCCCCC/C=C\C/C=C\CCC. The third-order valence-corrected chi connectivity index (χ3v) is 12.2. The Labute approximate surface area is 414 Å². The molecule has 6 heteroatoms. The third-order valence-electron chi connectivity index (χ3n) is 12.2. The molecule has 386 valence electrons. The van der Waals surface area contributed by atoms with Gasteiger partial charge >= 0.3 is 17.9 Å². The number of carbonyl (C=O) groups excluding carboxylic acids is 3. The first-order chi connectivity index (χ1) is 33.0. The molecule has 0 aromatic heterocycles. The van der Waals surface area contributed by atoms with Crippen LogP contribution in [0.15, 0.2) is 72.9 Å². The fourth-order valence-electron chi connectivity index (χ4n) is 7.94. The summed E-state index contributed by atoms with van der Waals surface area (Å²) in [7, 11) is 0. The summed E-state index contributed by atoms with van der Waals surface area (Å²) in [6.45, 7) is 6.44. The normalized spacial score (nSPS) is 12.6. The van der Waals surface area contributed by atoms with E-state index in [4.69, 9.17) is 14.2 Å². The Bertz CT molecular complexity index is 1260. The maximum atomic E-state index is 12.8. The summed E-state index contributed by atoms with van der Waals surface area (Å²) in [6.07, 6.45) is 70.5. The summed E-state index contributed by atoms with van der Waals surface area (Å²) in [6, 6.07) is 0. The van der Waals surface area contributed by atoms with Crippen molar-refractivity contribution in [2.75, 3.05) is 13.2 Å². The maximum absolute atomic E-state index is 12.8. The second-order valence-electron chi connectivity index (χ2n) is 18.8. The van der Waals surface area contributed by atoms with Crippen molar-refractivity contribution in [3.8, 4) is 0 Å². The molecule has 6 nitrogen and oxygen atoms in total. The first-order valence-corrected chi connectivity index (χ1v) is 28.4. The van der Waals surface area contributed by atoms with Gasteiger partial charge in [-0.05, 0) is 83.5 Å². The first-order valence-electron chi connectivity index (χ1n) is 28.4. The van der Waals surface area contributed by atoms with Crippen molar-refractivity contribution in [1.29, 1.82) is 0 Å². The highest BCUT2D eigenvalue weighted by molar-refractivity contribution is 5.71. The predicted molar refractivity (Wildman–Crippen MR) is 288 cm³/mol. The second-order valence-corrected chi connectivity index (χ2v) is 18.8. The van der Waals surface area contributed by atoms with Crippen LogP contribution >= 0.6 is 0 Å². The fourth-order valence-corrected chi connectivity index (χ4v) is 7.94. The van der Waals surface area contributed by atoms with Gasteiger partial charge < -0.3 is 14.2 Å². The Morgan fingerprint density at radius 2 is 0.612 bits per heavy atom. The van der Waals surface area contributed by atoms with Crippen LogP contribution in [0.5, 0.6) is 0 Å². The van der Waals surface area contributed by atoms with Crippen molar-refractivity contribution in [2.45, 2.75) is 284 Å². The summed E-state index contributed by atoms with van der Waals surface area (Å²) in [5, 5.41) is 0. The van der Waals surface area contributed by atoms with Gasteiger partial charge in [-0.3, -0.25) is 14.4 Å². The van der Waals surface area contributed by atoms with Crippen LogP contribution in [-0.2, 0) is 28.6 Å². The Balaban J connectivity index is 4.15. The Kier molecular flexibility index (Phi) is 52.8. The van der Waals surface area contributed by atoms with Gasteiger partial charge in [-0.1, -0.05) is 248 Å². The van der Waals surface area contributed by atoms with E-state index < -0.39 is 6.10 Å². The Morgan fingerprint density at radius 1 is 0.313 bits per heavy atom. The summed E-state index contributed by atoms with van der Waals surface area (Å²) in [5.41, 5.74) is 0. The number of hydrogen-bond acceptors (Lipinski definition) is 6. The zero-order valence-corrected chi connectivity index (χ0v) is 44.2. The number of allylic oxidation sites excluding steroid dienone is 12. The van der Waals surface area contributed by atoms with Gasteiger partial charge in [-0.25, -0.2) is 0 Å². The molecular formula is C61H106O6. The smallest absolute Gasteiger partial charge is 0.306 e. The van der Waals surface area contributed by atoms with E-state index in [2.05, 4.69) is 93.7 Å². The van der Waals surface area contributed by atoms with Gasteiger partial charge in [-0.15, -0.1) is 0 Å². The van der Waals surface area contributed by atoms with Crippen molar-refractivity contribution in [3.63, 3.8) is 0 Å². The van der Waals surface area contributed by atoms with E-state index >= 15 is 0 Å². The third kappa shape index (κ3) is 53.7. The van der Waals surface area contributed by atoms with Gasteiger partial charge in [0.2, 0.25) is 0 Å². The molecule has 0 aliphatic rings. The van der Waals surface area contributed by atoms with Crippen molar-refractivity contribution in [1.82, 2.24) is 0 Å². The molecule has 1 atom stereocenters. The number of unbranched alkanes of at least 4 members (excludes halogenated alkanes) is 28. The van der Waals surface area contributed by atoms with Gasteiger partial charge in [0, 0.05) is 19.3 Å². The van der Waals surface area contributed by atoms with Crippen LogP contribution in [0.3, 0.4) is 0 Å². The number of carbonyl (C=O) groups is 3. The molecule has 0 aliphatic heterocycles. The van der Waals surface area contributed by atoms with E-state index in [1.165, 1.54) is 122 Å². The van der Waals surface area contributed by atoms with E-state index in [-0.39, 0.29) is 31.1 Å². The topological polar surface area (TPSA) is 78.9 Å². The molecule has 0 saturated carbocycles. The number of ether oxygens (including phenoxy) is 3. The van der Waals surface area contributed by atoms with Gasteiger partial charge in [0.25, 0.3) is 0 Å². The number of rotatable bonds is 51. The standard InChI is InChI=1S/C61H106O6/c1-4-7-10-13-16-19-21-23-24-25-26-27-28-29-30-31-32-33-34-35-36-38-39-42-45-48-51-54-60(63)66-57-58(56-65-59(62)53-50-47-44-41-18-15-12-9-6-3)67-61(64)55-52-49-46-43-40-37-22-20-17-14-11-8-5-2/h7,10-11,14,16,19-20,22-24,26-27,58H,4-6,8-9,12-13,15,17-18,21,25,28-57H2,1-3H3/b10-7-,14-11-,19-16-,22-20-,24-23-,27-26-. The van der Waals surface area contributed by atoms with Crippen molar-refractivity contribution < 1.29 is 28.6 Å². The molecule has 0 saturated heterocycles. The van der Waals surface area contributed by atoms with Crippen molar-refractivity contribution in [2.24, 2.45) is 0 Å². The van der Waals surface area contributed by atoms with Crippen molar-refractivity contribution >= 4 is 17.9 Å². The average molecular weight is 936 g/mol. The van der Waals surface area contributed by atoms with E-state index in [1.54, 1.807) is 0 Å². The molecule has 0 fully saturated rings. The molecule has 0 heterocycles. The van der Waals surface area contributed by atoms with Gasteiger partial charge in [-0.2, -0.15) is 0 Å². The molecule has 67 heavy (non-hydrogen) atoms. The minimum atomic E-state index is -0.779. The highest BCUT2D eigenvalue weighted by Crippen LogP contribution is 2.16. The zero-order valence-electron chi connectivity index (χ0n) is 44.2. The van der Waals surface area contributed by atoms with Crippen LogP contribution in [0.25, 0.3) is 0 Å². The molecule has 0 spiro atoms. The molecule has 0 rings (SSSR count). The summed E-state index contributed by atoms with van der Waals surface area (Å²) in [5.74, 6) is -0.890. The minimum absolute atomic E-state index is 0.0784. The van der Waals surface area contributed by atoms with Crippen LogP contribution in [0.4, 0.5) is 0 Å². The van der Waals surface area contributed by atoms with Crippen LogP contribution < -0.4 is 0 Å². The van der Waals surface area contributed by atoms with Gasteiger partial charge in [0.15, 0.2) is 6.10 Å². The van der Waals surface area contributed by atoms with Crippen LogP contribution in [0, 0.1) is 0 Å². The predicted octanol–water partition coefficient (Wildman–Crippen LogP) is 19.0. The number of hydrogen-bond donors (Lipinski definition) is 0. The lowest BCUT2D eigenvalue weighted by molar-refractivity contribution is -0.167. The zero-order chi connectivity index (χ0) is 48.6. The fraction of sp³-hybridized carbons (Fsp3) is 0.754. The lowest BCUT2D eigenvalue weighted by atomic mass is 10.0. The molecule has 1 unspecified atom stereocenters. The van der Waals surface area contributed by atoms with Crippen LogP contribution in [0.1, 0.15) is 278 Å². The van der Waals surface area contributed by atoms with Crippen LogP contribution in [-0.4, -0.2) is 37.2 Å². The molecule has 0 aliphatic carbocycles. The average Bonchev–Trinajstić information content (AvgIpc) is 3.33. The largest absolute Gasteiger partial charge is 0.462 e. The molecule has 0 N–H and O–H groups in total. The second kappa shape index (κ2) is 55.4. The molecule has 0 aromatic carbocycles. The Hall–Kier alpha value is -3.15. The summed E-state index contributed by atoms with van der Waals surface area (Å²) >= 11 is 0. The lowest BCUT2D eigenvalue weighted by Gasteiger charge is -2.18. The van der Waals surface area contributed by atoms with E-state index in [0.717, 1.165) is 116 Å². The minimum Gasteiger partial charge on any atom is -0.462 e. The van der Waals surface area contributed by atoms with E-state index in [1.807, 2.05) is 0 Å². The maximum Gasteiger partial charge on any atom is 0.306 e. The van der Waals surface area contributed by atoms with E-state index in [9.17, 15) is 14.4 Å². The summed E-state index contributed by atoms with van der Waals surface area (Å²) in [4.78, 5) is 38.0. The molecule has 0 amide bonds.